The van der Waals surface area contributed by atoms with Crippen LogP contribution in [0.15, 0.2) is 41.5 Å². The van der Waals surface area contributed by atoms with Gasteiger partial charge in [-0.2, -0.15) is 9.61 Å². The van der Waals surface area contributed by atoms with Crippen LogP contribution in [0, 0.1) is 6.92 Å². The Balaban J connectivity index is 2.10. The van der Waals surface area contributed by atoms with Gasteiger partial charge < -0.3 is 0 Å². The van der Waals surface area contributed by atoms with E-state index < -0.39 is 0 Å². The number of hydrogen-bond acceptors (Lipinski definition) is 5. The summed E-state index contributed by atoms with van der Waals surface area (Å²) in [5.41, 5.74) is 3.78. The minimum absolute atomic E-state index is 0.207. The third-order valence-corrected chi connectivity index (χ3v) is 3.88. The van der Waals surface area contributed by atoms with Crippen molar-refractivity contribution in [2.75, 3.05) is 0 Å². The fraction of sp³-hybridized carbons (Fsp3) is 0.188. The highest BCUT2D eigenvalue weighted by Gasteiger charge is 2.17. The fourth-order valence-electron chi connectivity index (χ4n) is 2.73. The van der Waals surface area contributed by atoms with Crippen molar-refractivity contribution in [1.82, 2.24) is 29.4 Å². The normalized spacial score (nSPS) is 11.4. The molecule has 0 aliphatic carbocycles. The van der Waals surface area contributed by atoms with Gasteiger partial charge in [-0.25, -0.2) is 4.98 Å². The van der Waals surface area contributed by atoms with Gasteiger partial charge in [0.15, 0.2) is 16.8 Å². The molecule has 0 amide bonds. The second kappa shape index (κ2) is 4.98. The molecule has 0 unspecified atom stereocenters. The molecule has 3 aromatic heterocycles. The van der Waals surface area contributed by atoms with E-state index in [0.29, 0.717) is 17.8 Å². The summed E-state index contributed by atoms with van der Waals surface area (Å²) < 4.78 is 3.10. The second-order valence-corrected chi connectivity index (χ2v) is 5.27. The first-order chi connectivity index (χ1) is 11.2. The van der Waals surface area contributed by atoms with Crippen molar-refractivity contribution >= 4 is 16.8 Å². The van der Waals surface area contributed by atoms with Gasteiger partial charge >= 0.3 is 0 Å². The molecule has 0 radical (unpaired) electrons. The van der Waals surface area contributed by atoms with Gasteiger partial charge in [0.2, 0.25) is 0 Å². The summed E-state index contributed by atoms with van der Waals surface area (Å²) in [5, 5.41) is 12.9. The van der Waals surface area contributed by atoms with Crippen LogP contribution in [0.1, 0.15) is 12.6 Å². The average molecular weight is 306 g/mol. The van der Waals surface area contributed by atoms with Crippen molar-refractivity contribution in [2.45, 2.75) is 20.4 Å². The van der Waals surface area contributed by atoms with Crippen molar-refractivity contribution in [3.05, 3.63) is 52.7 Å². The van der Waals surface area contributed by atoms with Gasteiger partial charge in [0.25, 0.3) is 5.56 Å². The molecule has 4 aromatic rings. The number of rotatable bonds is 2. The number of benzene rings is 1. The monoisotopic (exact) mass is 306 g/mol. The molecule has 1 aromatic carbocycles. The smallest absolute Gasteiger partial charge is 0.283 e. The Kier molecular flexibility index (Phi) is 2.94. The first kappa shape index (κ1) is 13.6. The average Bonchev–Trinajstić information content (AvgIpc) is 2.92. The molecule has 0 saturated heterocycles. The molecule has 4 rings (SSSR count). The summed E-state index contributed by atoms with van der Waals surface area (Å²) in [6.07, 6.45) is 1.52. The van der Waals surface area contributed by atoms with E-state index in [4.69, 9.17) is 0 Å². The molecule has 0 spiro atoms. The molecule has 0 aliphatic rings. The summed E-state index contributed by atoms with van der Waals surface area (Å²) in [6, 6.07) is 9.88. The van der Waals surface area contributed by atoms with Crippen molar-refractivity contribution in [3.8, 4) is 11.1 Å². The van der Waals surface area contributed by atoms with E-state index in [1.165, 1.54) is 10.9 Å². The number of fused-ring (bicyclic) bond motifs is 3. The van der Waals surface area contributed by atoms with Crippen molar-refractivity contribution < 1.29 is 0 Å². The summed E-state index contributed by atoms with van der Waals surface area (Å²) >= 11 is 0. The van der Waals surface area contributed by atoms with Gasteiger partial charge in [0.1, 0.15) is 6.33 Å². The van der Waals surface area contributed by atoms with Crippen LogP contribution in [0.4, 0.5) is 0 Å². The Hall–Kier alpha value is -3.09. The van der Waals surface area contributed by atoms with Crippen LogP contribution >= 0.6 is 0 Å². The standard InChI is InChI=1S/C16H14N6O/c1-3-21-9-17-15-13(16(21)23)18-19-14-12(10(2)20-22(14)15)11-7-5-4-6-8-11/h4-9H,3H2,1-2H3. The molecule has 7 nitrogen and oxygen atoms in total. The topological polar surface area (TPSA) is 78.0 Å². The number of aryl methyl sites for hydroxylation is 2. The molecule has 23 heavy (non-hydrogen) atoms. The van der Waals surface area contributed by atoms with Gasteiger partial charge in [-0.05, 0) is 19.4 Å². The number of aromatic nitrogens is 6. The molecule has 114 valence electrons. The Morgan fingerprint density at radius 1 is 1.09 bits per heavy atom. The Bertz CT molecular complexity index is 1080. The lowest BCUT2D eigenvalue weighted by atomic mass is 10.1. The van der Waals surface area contributed by atoms with E-state index in [1.807, 2.05) is 44.2 Å². The van der Waals surface area contributed by atoms with Crippen LogP contribution in [-0.2, 0) is 6.54 Å². The van der Waals surface area contributed by atoms with Crippen LogP contribution in [0.5, 0.6) is 0 Å². The fourth-order valence-corrected chi connectivity index (χ4v) is 2.73. The molecular weight excluding hydrogens is 292 g/mol. The molecular formula is C16H14N6O. The van der Waals surface area contributed by atoms with Gasteiger partial charge in [-0.3, -0.25) is 9.36 Å². The van der Waals surface area contributed by atoms with Gasteiger partial charge in [0, 0.05) is 6.54 Å². The molecule has 7 heteroatoms. The van der Waals surface area contributed by atoms with Crippen LogP contribution in [-0.4, -0.2) is 29.4 Å². The van der Waals surface area contributed by atoms with Crippen LogP contribution in [0.2, 0.25) is 0 Å². The van der Waals surface area contributed by atoms with E-state index in [-0.39, 0.29) is 11.1 Å². The first-order valence-electron chi connectivity index (χ1n) is 7.37. The zero-order chi connectivity index (χ0) is 16.0. The highest BCUT2D eigenvalue weighted by molar-refractivity contribution is 5.83. The molecule has 0 atom stereocenters. The molecule has 0 bridgehead atoms. The van der Waals surface area contributed by atoms with E-state index >= 15 is 0 Å². The van der Waals surface area contributed by atoms with Gasteiger partial charge in [0.05, 0.1) is 11.3 Å². The third-order valence-electron chi connectivity index (χ3n) is 3.88. The van der Waals surface area contributed by atoms with Crippen LogP contribution in [0.25, 0.3) is 27.9 Å². The number of hydrogen-bond donors (Lipinski definition) is 0. The summed E-state index contributed by atoms with van der Waals surface area (Å²) in [7, 11) is 0. The van der Waals surface area contributed by atoms with Gasteiger partial charge in [-0.1, -0.05) is 30.3 Å². The van der Waals surface area contributed by atoms with Crippen molar-refractivity contribution in [1.29, 1.82) is 0 Å². The predicted molar refractivity (Wildman–Crippen MR) is 86.2 cm³/mol. The highest BCUT2D eigenvalue weighted by atomic mass is 16.1. The lowest BCUT2D eigenvalue weighted by Gasteiger charge is -2.03. The SMILES string of the molecule is CCn1cnc2c(nnc3c(-c4ccccc4)c(C)nn32)c1=O. The minimum Gasteiger partial charge on any atom is -0.297 e. The van der Waals surface area contributed by atoms with E-state index in [1.54, 1.807) is 4.52 Å². The van der Waals surface area contributed by atoms with E-state index in [9.17, 15) is 4.79 Å². The van der Waals surface area contributed by atoms with E-state index in [2.05, 4.69) is 20.3 Å². The van der Waals surface area contributed by atoms with Gasteiger partial charge in [-0.15, -0.1) is 10.2 Å². The Morgan fingerprint density at radius 3 is 2.61 bits per heavy atom. The highest BCUT2D eigenvalue weighted by Crippen LogP contribution is 2.27. The molecule has 0 N–H and O–H groups in total. The maximum absolute atomic E-state index is 12.3. The molecule has 0 aliphatic heterocycles. The quantitative estimate of drug-likeness (QED) is 0.564. The molecule has 0 fully saturated rings. The largest absolute Gasteiger partial charge is 0.297 e. The predicted octanol–water partition coefficient (Wildman–Crippen LogP) is 1.83. The minimum atomic E-state index is -0.207. The maximum Gasteiger partial charge on any atom is 0.283 e. The van der Waals surface area contributed by atoms with Crippen LogP contribution < -0.4 is 5.56 Å². The Morgan fingerprint density at radius 2 is 1.87 bits per heavy atom. The Labute approximate surface area is 131 Å². The van der Waals surface area contributed by atoms with Crippen LogP contribution in [0.3, 0.4) is 0 Å². The lowest BCUT2D eigenvalue weighted by molar-refractivity contribution is 0.708. The number of nitrogens with zero attached hydrogens (tertiary/aromatic N) is 6. The van der Waals surface area contributed by atoms with Crippen molar-refractivity contribution in [3.63, 3.8) is 0 Å². The summed E-state index contributed by atoms with van der Waals surface area (Å²) in [5.74, 6) is 0. The second-order valence-electron chi connectivity index (χ2n) is 5.27. The third kappa shape index (κ3) is 1.93. The first-order valence-corrected chi connectivity index (χ1v) is 7.37. The lowest BCUT2D eigenvalue weighted by Crippen LogP contribution is -2.22. The molecule has 3 heterocycles. The summed E-state index contributed by atoms with van der Waals surface area (Å²) in [4.78, 5) is 16.7. The zero-order valence-electron chi connectivity index (χ0n) is 12.8. The molecule has 0 saturated carbocycles. The van der Waals surface area contributed by atoms with Crippen molar-refractivity contribution in [2.24, 2.45) is 0 Å². The summed E-state index contributed by atoms with van der Waals surface area (Å²) in [6.45, 7) is 4.33. The maximum atomic E-state index is 12.3. The zero-order valence-corrected chi connectivity index (χ0v) is 12.8. The van der Waals surface area contributed by atoms with E-state index in [0.717, 1.165) is 16.8 Å².